The van der Waals surface area contributed by atoms with Gasteiger partial charge in [-0.15, -0.1) is 0 Å². The lowest BCUT2D eigenvalue weighted by atomic mass is 10.1. The third-order valence-electron chi connectivity index (χ3n) is 3.54. The first-order chi connectivity index (χ1) is 9.70. The Labute approximate surface area is 118 Å². The number of carbonyl (C=O) groups excluding carboxylic acids is 1. The molecule has 0 saturated heterocycles. The second-order valence-corrected chi connectivity index (χ2v) is 4.73. The minimum Gasteiger partial charge on any atom is -0.497 e. The van der Waals surface area contributed by atoms with Gasteiger partial charge >= 0.3 is 0 Å². The molecule has 20 heavy (non-hydrogen) atoms. The first kappa shape index (κ1) is 12.5. The fourth-order valence-corrected chi connectivity index (χ4v) is 2.42. The maximum Gasteiger partial charge on any atom is 0.259 e. The fraction of sp³-hybridized carbons (Fsp3) is 0.118. The minimum atomic E-state index is 0.0152. The molecule has 100 valence electrons. The van der Waals surface area contributed by atoms with Crippen LogP contribution in [0.3, 0.4) is 0 Å². The number of nitrogens with zero attached hydrogens (tertiary/aromatic N) is 1. The molecule has 0 saturated carbocycles. The molecule has 0 spiro atoms. The molecule has 0 atom stereocenters. The van der Waals surface area contributed by atoms with Gasteiger partial charge in [0.25, 0.3) is 5.91 Å². The highest BCUT2D eigenvalue weighted by atomic mass is 16.5. The number of hydrogen-bond acceptors (Lipinski definition) is 2. The van der Waals surface area contributed by atoms with Crippen LogP contribution in [-0.4, -0.2) is 17.9 Å². The van der Waals surface area contributed by atoms with Crippen molar-refractivity contribution in [3.63, 3.8) is 0 Å². The van der Waals surface area contributed by atoms with Crippen LogP contribution in [0.15, 0.2) is 55.1 Å². The lowest BCUT2D eigenvalue weighted by molar-refractivity contribution is 0.0843. The Kier molecular flexibility index (Phi) is 3.03. The topological polar surface area (TPSA) is 29.5 Å². The highest BCUT2D eigenvalue weighted by molar-refractivity contribution is 6.08. The van der Waals surface area contributed by atoms with E-state index < -0.39 is 0 Å². The average molecular weight is 265 g/mol. The summed E-state index contributed by atoms with van der Waals surface area (Å²) in [5.41, 5.74) is 3.46. The number of carbonyl (C=O) groups is 1. The summed E-state index contributed by atoms with van der Waals surface area (Å²) in [6, 6.07) is 15.3. The van der Waals surface area contributed by atoms with Gasteiger partial charge in [0, 0.05) is 16.8 Å². The first-order valence-corrected chi connectivity index (χ1v) is 6.44. The Morgan fingerprint density at radius 1 is 1.05 bits per heavy atom. The smallest absolute Gasteiger partial charge is 0.259 e. The highest BCUT2D eigenvalue weighted by Gasteiger charge is 2.30. The Morgan fingerprint density at radius 2 is 1.70 bits per heavy atom. The molecule has 0 aromatic heterocycles. The molecule has 0 unspecified atom stereocenters. The summed E-state index contributed by atoms with van der Waals surface area (Å²) in [5, 5.41) is 0. The maximum atomic E-state index is 12.4. The molecule has 0 N–H and O–H groups in total. The van der Waals surface area contributed by atoms with Crippen molar-refractivity contribution < 1.29 is 9.53 Å². The van der Waals surface area contributed by atoms with E-state index in [9.17, 15) is 4.79 Å². The average Bonchev–Trinajstić information content (AvgIpc) is 2.74. The van der Waals surface area contributed by atoms with Gasteiger partial charge in [0.05, 0.1) is 13.7 Å². The maximum absolute atomic E-state index is 12.4. The van der Waals surface area contributed by atoms with Crippen molar-refractivity contribution in [3.8, 4) is 5.75 Å². The van der Waals surface area contributed by atoms with Gasteiger partial charge in [0.2, 0.25) is 0 Å². The molecule has 1 aliphatic rings. The van der Waals surface area contributed by atoms with Crippen LogP contribution in [0.25, 0.3) is 5.70 Å². The van der Waals surface area contributed by atoms with Gasteiger partial charge in [-0.25, -0.2) is 0 Å². The Bertz CT molecular complexity index is 639. The van der Waals surface area contributed by atoms with Crippen molar-refractivity contribution in [3.05, 3.63) is 71.8 Å². The van der Waals surface area contributed by atoms with Crippen LogP contribution < -0.4 is 4.74 Å². The van der Waals surface area contributed by atoms with Crippen LogP contribution >= 0.6 is 0 Å². The molecule has 3 rings (SSSR count). The third kappa shape index (κ3) is 1.97. The van der Waals surface area contributed by atoms with E-state index in [1.807, 2.05) is 48.5 Å². The van der Waals surface area contributed by atoms with Crippen molar-refractivity contribution in [2.45, 2.75) is 6.54 Å². The summed E-state index contributed by atoms with van der Waals surface area (Å²) in [7, 11) is 1.64. The zero-order chi connectivity index (χ0) is 14.1. The molecule has 1 amide bonds. The SMILES string of the molecule is C=C1c2ccccc2C(=O)N1Cc1ccc(OC)cc1. The van der Waals surface area contributed by atoms with Crippen molar-refractivity contribution in [1.29, 1.82) is 0 Å². The molecule has 2 aromatic carbocycles. The van der Waals surface area contributed by atoms with Gasteiger partial charge in [-0.3, -0.25) is 4.79 Å². The van der Waals surface area contributed by atoms with E-state index >= 15 is 0 Å². The third-order valence-corrected chi connectivity index (χ3v) is 3.54. The van der Waals surface area contributed by atoms with Crippen molar-refractivity contribution in [1.82, 2.24) is 4.90 Å². The molecular weight excluding hydrogens is 250 g/mol. The van der Waals surface area contributed by atoms with Crippen LogP contribution in [0.1, 0.15) is 21.5 Å². The number of ether oxygens (including phenoxy) is 1. The molecule has 1 aliphatic heterocycles. The lowest BCUT2D eigenvalue weighted by Gasteiger charge is -2.17. The first-order valence-electron chi connectivity index (χ1n) is 6.44. The van der Waals surface area contributed by atoms with E-state index in [1.54, 1.807) is 12.0 Å². The molecular formula is C17H15NO2. The van der Waals surface area contributed by atoms with E-state index in [2.05, 4.69) is 6.58 Å². The highest BCUT2D eigenvalue weighted by Crippen LogP contribution is 2.32. The molecule has 0 fully saturated rings. The molecule has 3 heteroatoms. The normalized spacial score (nSPS) is 13.6. The predicted molar refractivity (Wildman–Crippen MR) is 78.3 cm³/mol. The van der Waals surface area contributed by atoms with Crippen LogP contribution in [0.4, 0.5) is 0 Å². The molecule has 0 radical (unpaired) electrons. The number of hydrogen-bond donors (Lipinski definition) is 0. The minimum absolute atomic E-state index is 0.0152. The van der Waals surface area contributed by atoms with Gasteiger partial charge in [-0.2, -0.15) is 0 Å². The number of methoxy groups -OCH3 is 1. The van der Waals surface area contributed by atoms with E-state index in [0.29, 0.717) is 6.54 Å². The Hall–Kier alpha value is -2.55. The summed E-state index contributed by atoms with van der Waals surface area (Å²) in [5.74, 6) is 0.824. The van der Waals surface area contributed by atoms with Gasteiger partial charge in [-0.05, 0) is 23.8 Å². The van der Waals surface area contributed by atoms with Crippen LogP contribution in [0, 0.1) is 0 Å². The van der Waals surface area contributed by atoms with Gasteiger partial charge in [-0.1, -0.05) is 36.9 Å². The molecule has 0 aliphatic carbocycles. The summed E-state index contributed by atoms with van der Waals surface area (Å²) in [6.07, 6.45) is 0. The quantitative estimate of drug-likeness (QED) is 0.852. The predicted octanol–water partition coefficient (Wildman–Crippen LogP) is 3.32. The largest absolute Gasteiger partial charge is 0.497 e. The Balaban J connectivity index is 1.85. The second kappa shape index (κ2) is 4.85. The van der Waals surface area contributed by atoms with Crippen molar-refractivity contribution in [2.75, 3.05) is 7.11 Å². The zero-order valence-corrected chi connectivity index (χ0v) is 11.3. The number of fused-ring (bicyclic) bond motifs is 1. The summed E-state index contributed by atoms with van der Waals surface area (Å²) >= 11 is 0. The van der Waals surface area contributed by atoms with E-state index in [0.717, 1.165) is 28.1 Å². The number of amides is 1. The van der Waals surface area contributed by atoms with Crippen molar-refractivity contribution in [2.24, 2.45) is 0 Å². The molecule has 0 bridgehead atoms. The van der Waals surface area contributed by atoms with Gasteiger partial charge in [0.1, 0.15) is 5.75 Å². The molecule has 2 aromatic rings. The number of benzene rings is 2. The summed E-state index contributed by atoms with van der Waals surface area (Å²) < 4.78 is 5.13. The fourth-order valence-electron chi connectivity index (χ4n) is 2.42. The summed E-state index contributed by atoms with van der Waals surface area (Å²) in [6.45, 7) is 4.56. The lowest BCUT2D eigenvalue weighted by Crippen LogP contribution is -2.22. The number of rotatable bonds is 3. The van der Waals surface area contributed by atoms with Gasteiger partial charge < -0.3 is 9.64 Å². The molecule has 1 heterocycles. The van der Waals surface area contributed by atoms with E-state index in [-0.39, 0.29) is 5.91 Å². The van der Waals surface area contributed by atoms with Gasteiger partial charge in [0.15, 0.2) is 0 Å². The van der Waals surface area contributed by atoms with Crippen molar-refractivity contribution >= 4 is 11.6 Å². The standard InChI is InChI=1S/C17H15NO2/c1-12-15-5-3-4-6-16(15)17(19)18(12)11-13-7-9-14(20-2)10-8-13/h3-10H,1,11H2,2H3. The van der Waals surface area contributed by atoms with Crippen LogP contribution in [0.2, 0.25) is 0 Å². The second-order valence-electron chi connectivity index (χ2n) is 4.73. The monoisotopic (exact) mass is 265 g/mol. The van der Waals surface area contributed by atoms with Crippen LogP contribution in [-0.2, 0) is 6.54 Å². The zero-order valence-electron chi connectivity index (χ0n) is 11.3. The Morgan fingerprint density at radius 3 is 2.30 bits per heavy atom. The van der Waals surface area contributed by atoms with E-state index in [1.165, 1.54) is 0 Å². The summed E-state index contributed by atoms with van der Waals surface area (Å²) in [4.78, 5) is 14.1. The van der Waals surface area contributed by atoms with E-state index in [4.69, 9.17) is 4.74 Å². The molecule has 3 nitrogen and oxygen atoms in total. The van der Waals surface area contributed by atoms with Crippen LogP contribution in [0.5, 0.6) is 5.75 Å².